The largest absolute Gasteiger partial charge is 0.390 e. The summed E-state index contributed by atoms with van der Waals surface area (Å²) in [4.78, 5) is 2.00. The fraction of sp³-hybridized carbons (Fsp3) is 0.667. The molecule has 0 amide bonds. The van der Waals surface area contributed by atoms with Crippen molar-refractivity contribution in [2.45, 2.75) is 19.4 Å². The van der Waals surface area contributed by atoms with Crippen molar-refractivity contribution >= 4 is 5.82 Å². The molecule has 0 radical (unpaired) electrons. The molecule has 1 heterocycles. The lowest BCUT2D eigenvalue weighted by molar-refractivity contribution is 0.130. The van der Waals surface area contributed by atoms with Crippen LogP contribution in [-0.2, 0) is 11.3 Å². The van der Waals surface area contributed by atoms with Crippen LogP contribution in [0, 0.1) is 5.92 Å². The van der Waals surface area contributed by atoms with Crippen LogP contribution in [0.3, 0.4) is 0 Å². The van der Waals surface area contributed by atoms with Gasteiger partial charge in [-0.1, -0.05) is 0 Å². The van der Waals surface area contributed by atoms with E-state index in [1.54, 1.807) is 6.07 Å². The van der Waals surface area contributed by atoms with Gasteiger partial charge in [0.25, 0.3) is 0 Å². The maximum atomic E-state index is 8.86. The molecule has 1 aromatic heterocycles. The molecule has 0 atom stereocenters. The number of aliphatic hydroxyl groups is 1. The second-order valence-corrected chi connectivity index (χ2v) is 4.48. The monoisotopic (exact) mass is 237 g/mol. The van der Waals surface area contributed by atoms with Gasteiger partial charge in [0.05, 0.1) is 18.9 Å². The van der Waals surface area contributed by atoms with Crippen LogP contribution >= 0.6 is 0 Å². The van der Waals surface area contributed by atoms with Gasteiger partial charge >= 0.3 is 0 Å². The van der Waals surface area contributed by atoms with E-state index >= 15 is 0 Å². The molecule has 1 fully saturated rings. The van der Waals surface area contributed by atoms with Gasteiger partial charge in [-0.05, 0) is 30.9 Å². The van der Waals surface area contributed by atoms with Crippen LogP contribution in [0.15, 0.2) is 12.1 Å². The molecule has 17 heavy (non-hydrogen) atoms. The standard InChI is InChI=1S/C12H19N3O2/c1-15(6-7-17-9-10-2-3-10)12-5-4-11(8-16)13-14-12/h4-5,10,16H,2-3,6-9H2,1H3. The van der Waals surface area contributed by atoms with Gasteiger partial charge in [-0.2, -0.15) is 5.10 Å². The van der Waals surface area contributed by atoms with Crippen LogP contribution in [0.2, 0.25) is 0 Å². The van der Waals surface area contributed by atoms with Gasteiger partial charge in [0.2, 0.25) is 0 Å². The Morgan fingerprint density at radius 1 is 1.41 bits per heavy atom. The second-order valence-electron chi connectivity index (χ2n) is 4.48. The highest BCUT2D eigenvalue weighted by Crippen LogP contribution is 2.28. The SMILES string of the molecule is CN(CCOCC1CC1)c1ccc(CO)nn1. The third-order valence-electron chi connectivity index (χ3n) is 2.88. The third-order valence-corrected chi connectivity index (χ3v) is 2.88. The number of aliphatic hydroxyl groups excluding tert-OH is 1. The highest BCUT2D eigenvalue weighted by molar-refractivity contribution is 5.35. The molecule has 1 aromatic rings. The Bertz CT molecular complexity index is 338. The maximum absolute atomic E-state index is 8.86. The summed E-state index contributed by atoms with van der Waals surface area (Å²) in [5.41, 5.74) is 0.590. The number of hydrogen-bond acceptors (Lipinski definition) is 5. The van der Waals surface area contributed by atoms with E-state index in [4.69, 9.17) is 9.84 Å². The van der Waals surface area contributed by atoms with Gasteiger partial charge in [0.1, 0.15) is 0 Å². The second kappa shape index (κ2) is 5.93. The summed E-state index contributed by atoms with van der Waals surface area (Å²) in [6, 6.07) is 3.64. The quantitative estimate of drug-likeness (QED) is 0.712. The van der Waals surface area contributed by atoms with E-state index in [2.05, 4.69) is 10.2 Å². The van der Waals surface area contributed by atoms with Gasteiger partial charge in [-0.3, -0.25) is 0 Å². The molecule has 0 saturated heterocycles. The molecular formula is C12H19N3O2. The first kappa shape index (κ1) is 12.3. The fourth-order valence-corrected chi connectivity index (χ4v) is 1.49. The van der Waals surface area contributed by atoms with Crippen LogP contribution in [0.5, 0.6) is 0 Å². The number of anilines is 1. The van der Waals surface area contributed by atoms with Crippen molar-refractivity contribution in [1.82, 2.24) is 10.2 Å². The maximum Gasteiger partial charge on any atom is 0.151 e. The number of ether oxygens (including phenoxy) is 1. The summed E-state index contributed by atoms with van der Waals surface area (Å²) in [5.74, 6) is 1.61. The van der Waals surface area contributed by atoms with E-state index in [0.717, 1.165) is 31.5 Å². The minimum absolute atomic E-state index is 0.0680. The third kappa shape index (κ3) is 3.94. The van der Waals surface area contributed by atoms with Gasteiger partial charge < -0.3 is 14.7 Å². The Kier molecular flexibility index (Phi) is 4.28. The summed E-state index contributed by atoms with van der Waals surface area (Å²) in [6.45, 7) is 2.35. The first-order valence-electron chi connectivity index (χ1n) is 6.02. The lowest BCUT2D eigenvalue weighted by Crippen LogP contribution is -2.24. The highest BCUT2D eigenvalue weighted by atomic mass is 16.5. The van der Waals surface area contributed by atoms with Gasteiger partial charge in [0, 0.05) is 20.2 Å². The Morgan fingerprint density at radius 3 is 2.82 bits per heavy atom. The molecule has 1 aliphatic carbocycles. The average Bonchev–Trinajstić information content (AvgIpc) is 3.18. The predicted octanol–water partition coefficient (Wildman–Crippen LogP) is 0.832. The van der Waals surface area contributed by atoms with E-state index in [-0.39, 0.29) is 6.61 Å². The van der Waals surface area contributed by atoms with Crippen LogP contribution in [0.25, 0.3) is 0 Å². The van der Waals surface area contributed by atoms with Gasteiger partial charge in [-0.15, -0.1) is 5.10 Å². The molecule has 1 aliphatic rings. The van der Waals surface area contributed by atoms with E-state index in [0.29, 0.717) is 5.69 Å². The Balaban J connectivity index is 1.71. The molecule has 0 unspecified atom stereocenters. The molecule has 2 rings (SSSR count). The summed E-state index contributed by atoms with van der Waals surface area (Å²) >= 11 is 0. The minimum atomic E-state index is -0.0680. The van der Waals surface area contributed by atoms with Crippen molar-refractivity contribution in [3.8, 4) is 0 Å². The predicted molar refractivity (Wildman–Crippen MR) is 64.8 cm³/mol. The van der Waals surface area contributed by atoms with E-state index in [9.17, 15) is 0 Å². The molecular weight excluding hydrogens is 218 g/mol. The molecule has 5 heteroatoms. The van der Waals surface area contributed by atoms with Crippen molar-refractivity contribution < 1.29 is 9.84 Å². The number of likely N-dealkylation sites (N-methyl/N-ethyl adjacent to an activating group) is 1. The van der Waals surface area contributed by atoms with Gasteiger partial charge in [0.15, 0.2) is 5.82 Å². The summed E-state index contributed by atoms with van der Waals surface area (Å²) < 4.78 is 5.56. The zero-order valence-electron chi connectivity index (χ0n) is 10.2. The average molecular weight is 237 g/mol. The smallest absolute Gasteiger partial charge is 0.151 e. The minimum Gasteiger partial charge on any atom is -0.390 e. The van der Waals surface area contributed by atoms with Crippen molar-refractivity contribution in [2.75, 3.05) is 31.7 Å². The number of rotatable bonds is 7. The van der Waals surface area contributed by atoms with Gasteiger partial charge in [-0.25, -0.2) is 0 Å². The Labute approximate surface area is 101 Å². The fourth-order valence-electron chi connectivity index (χ4n) is 1.49. The van der Waals surface area contributed by atoms with Crippen molar-refractivity contribution in [3.63, 3.8) is 0 Å². The van der Waals surface area contributed by atoms with Crippen molar-refractivity contribution in [1.29, 1.82) is 0 Å². The molecule has 0 bridgehead atoms. The number of nitrogens with zero attached hydrogens (tertiary/aromatic N) is 3. The Morgan fingerprint density at radius 2 is 2.24 bits per heavy atom. The molecule has 94 valence electrons. The Hall–Kier alpha value is -1.20. The number of aromatic nitrogens is 2. The molecule has 1 N–H and O–H groups in total. The molecule has 0 aliphatic heterocycles. The zero-order chi connectivity index (χ0) is 12.1. The van der Waals surface area contributed by atoms with Crippen molar-refractivity contribution in [2.24, 2.45) is 5.92 Å². The summed E-state index contributed by atoms with van der Waals surface area (Å²) in [6.07, 6.45) is 2.65. The molecule has 0 aromatic carbocycles. The van der Waals surface area contributed by atoms with E-state index in [1.807, 2.05) is 18.0 Å². The summed E-state index contributed by atoms with van der Waals surface area (Å²) in [5, 5.41) is 16.8. The highest BCUT2D eigenvalue weighted by Gasteiger charge is 2.20. The molecule has 1 saturated carbocycles. The topological polar surface area (TPSA) is 58.5 Å². The van der Waals surface area contributed by atoms with Crippen LogP contribution in [0.4, 0.5) is 5.82 Å². The number of hydrogen-bond donors (Lipinski definition) is 1. The lowest BCUT2D eigenvalue weighted by Gasteiger charge is -2.17. The normalized spacial score (nSPS) is 14.9. The summed E-state index contributed by atoms with van der Waals surface area (Å²) in [7, 11) is 1.96. The molecule has 5 nitrogen and oxygen atoms in total. The van der Waals surface area contributed by atoms with E-state index < -0.39 is 0 Å². The zero-order valence-corrected chi connectivity index (χ0v) is 10.2. The van der Waals surface area contributed by atoms with Crippen molar-refractivity contribution in [3.05, 3.63) is 17.8 Å². The van der Waals surface area contributed by atoms with Crippen LogP contribution < -0.4 is 4.90 Å². The van der Waals surface area contributed by atoms with Crippen LogP contribution in [-0.4, -0.2) is 42.1 Å². The molecule has 0 spiro atoms. The first-order valence-corrected chi connectivity index (χ1v) is 6.02. The lowest BCUT2D eigenvalue weighted by atomic mass is 10.4. The van der Waals surface area contributed by atoms with E-state index in [1.165, 1.54) is 12.8 Å². The first-order chi connectivity index (χ1) is 8.29. The van der Waals surface area contributed by atoms with Crippen LogP contribution in [0.1, 0.15) is 18.5 Å².